The van der Waals surface area contributed by atoms with E-state index >= 15 is 0 Å². The van der Waals surface area contributed by atoms with Crippen LogP contribution in [0.4, 0.5) is 0 Å². The Morgan fingerprint density at radius 1 is 1.08 bits per heavy atom. The predicted molar refractivity (Wildman–Crippen MR) is 94.8 cm³/mol. The number of carbonyl (C=O) groups is 1. The van der Waals surface area contributed by atoms with Crippen molar-refractivity contribution in [2.75, 3.05) is 27.2 Å². The molecule has 0 aliphatic carbocycles. The lowest BCUT2D eigenvalue weighted by atomic mass is 9.99. The molecule has 0 unspecified atom stereocenters. The Kier molecular flexibility index (Phi) is 5.16. The minimum atomic E-state index is 0.0903. The van der Waals surface area contributed by atoms with Crippen LogP contribution < -0.4 is 4.74 Å². The summed E-state index contributed by atoms with van der Waals surface area (Å²) in [7, 11) is 3.88. The molecule has 1 amide bonds. The summed E-state index contributed by atoms with van der Waals surface area (Å²) in [6.07, 6.45) is 0.835. The Labute approximate surface area is 143 Å². The van der Waals surface area contributed by atoms with E-state index < -0.39 is 0 Å². The SMILES string of the molecule is CN(CC(=O)N(C)[C@H]1CCOc2ccccc21)Cc1ccccc1. The average Bonchev–Trinajstić information content (AvgIpc) is 2.61. The summed E-state index contributed by atoms with van der Waals surface area (Å²) in [6.45, 7) is 1.83. The molecule has 0 saturated heterocycles. The monoisotopic (exact) mass is 324 g/mol. The number of carbonyl (C=O) groups excluding carboxylic acids is 1. The van der Waals surface area contributed by atoms with Gasteiger partial charge in [0.25, 0.3) is 0 Å². The summed E-state index contributed by atoms with van der Waals surface area (Å²) in [4.78, 5) is 16.6. The van der Waals surface area contributed by atoms with Crippen LogP contribution in [0.15, 0.2) is 54.6 Å². The van der Waals surface area contributed by atoms with Crippen LogP contribution in [-0.4, -0.2) is 43.0 Å². The number of ether oxygens (including phenoxy) is 1. The van der Waals surface area contributed by atoms with Crippen molar-refractivity contribution in [2.24, 2.45) is 0 Å². The number of rotatable bonds is 5. The smallest absolute Gasteiger partial charge is 0.237 e. The van der Waals surface area contributed by atoms with Crippen LogP contribution in [0.3, 0.4) is 0 Å². The molecule has 126 valence electrons. The van der Waals surface area contributed by atoms with Gasteiger partial charge in [-0.15, -0.1) is 0 Å². The molecule has 1 heterocycles. The average molecular weight is 324 g/mol. The number of nitrogens with zero attached hydrogens (tertiary/aromatic N) is 2. The van der Waals surface area contributed by atoms with Crippen molar-refractivity contribution >= 4 is 5.91 Å². The van der Waals surface area contributed by atoms with Crippen LogP contribution in [-0.2, 0) is 11.3 Å². The largest absolute Gasteiger partial charge is 0.493 e. The third kappa shape index (κ3) is 3.77. The predicted octanol–water partition coefficient (Wildman–Crippen LogP) is 3.10. The van der Waals surface area contributed by atoms with Crippen molar-refractivity contribution in [1.82, 2.24) is 9.80 Å². The number of hydrogen-bond acceptors (Lipinski definition) is 3. The fraction of sp³-hybridized carbons (Fsp3) is 0.350. The second kappa shape index (κ2) is 7.49. The zero-order valence-corrected chi connectivity index (χ0v) is 14.3. The molecule has 2 aromatic carbocycles. The van der Waals surface area contributed by atoms with Gasteiger partial charge in [-0.25, -0.2) is 0 Å². The van der Waals surface area contributed by atoms with Gasteiger partial charge < -0.3 is 9.64 Å². The van der Waals surface area contributed by atoms with E-state index in [2.05, 4.69) is 23.1 Å². The maximum atomic E-state index is 12.7. The van der Waals surface area contributed by atoms with E-state index in [-0.39, 0.29) is 11.9 Å². The van der Waals surface area contributed by atoms with E-state index in [0.717, 1.165) is 24.3 Å². The second-order valence-electron chi connectivity index (χ2n) is 6.35. The lowest BCUT2D eigenvalue weighted by Crippen LogP contribution is -2.40. The highest BCUT2D eigenvalue weighted by Crippen LogP contribution is 2.35. The fourth-order valence-electron chi connectivity index (χ4n) is 3.19. The first-order valence-corrected chi connectivity index (χ1v) is 8.35. The van der Waals surface area contributed by atoms with Gasteiger partial charge in [-0.2, -0.15) is 0 Å². The van der Waals surface area contributed by atoms with Crippen LogP contribution in [0.1, 0.15) is 23.6 Å². The van der Waals surface area contributed by atoms with Crippen molar-refractivity contribution in [3.63, 3.8) is 0 Å². The minimum absolute atomic E-state index is 0.0903. The first kappa shape index (κ1) is 16.5. The highest BCUT2D eigenvalue weighted by molar-refractivity contribution is 5.78. The molecular formula is C20H24N2O2. The van der Waals surface area contributed by atoms with Crippen molar-refractivity contribution in [2.45, 2.75) is 19.0 Å². The van der Waals surface area contributed by atoms with Crippen molar-refractivity contribution in [1.29, 1.82) is 0 Å². The van der Waals surface area contributed by atoms with Crippen LogP contribution in [0.25, 0.3) is 0 Å². The highest BCUT2D eigenvalue weighted by Gasteiger charge is 2.27. The zero-order chi connectivity index (χ0) is 16.9. The van der Waals surface area contributed by atoms with E-state index in [0.29, 0.717) is 13.2 Å². The third-order valence-electron chi connectivity index (χ3n) is 4.49. The summed E-state index contributed by atoms with van der Waals surface area (Å²) in [5, 5.41) is 0. The molecule has 0 N–H and O–H groups in total. The molecule has 1 atom stereocenters. The molecule has 1 aliphatic rings. The van der Waals surface area contributed by atoms with Crippen molar-refractivity contribution < 1.29 is 9.53 Å². The molecule has 4 nitrogen and oxygen atoms in total. The van der Waals surface area contributed by atoms with E-state index in [4.69, 9.17) is 4.74 Å². The van der Waals surface area contributed by atoms with Gasteiger partial charge in [0.1, 0.15) is 5.75 Å². The van der Waals surface area contributed by atoms with Crippen LogP contribution in [0.5, 0.6) is 5.75 Å². The Morgan fingerprint density at radius 3 is 2.58 bits per heavy atom. The molecule has 0 fully saturated rings. The van der Waals surface area contributed by atoms with Crippen LogP contribution >= 0.6 is 0 Å². The van der Waals surface area contributed by atoms with Gasteiger partial charge >= 0.3 is 0 Å². The standard InChI is InChI=1S/C20H24N2O2/c1-21(14-16-8-4-3-5-9-16)15-20(23)22(2)18-12-13-24-19-11-7-6-10-17(18)19/h3-11,18H,12-15H2,1-2H3/t18-/m0/s1. The number of amides is 1. The number of fused-ring (bicyclic) bond motifs is 1. The molecular weight excluding hydrogens is 300 g/mol. The quantitative estimate of drug-likeness (QED) is 0.847. The molecule has 2 aromatic rings. The zero-order valence-electron chi connectivity index (χ0n) is 14.3. The first-order valence-electron chi connectivity index (χ1n) is 8.35. The Hall–Kier alpha value is -2.33. The van der Waals surface area contributed by atoms with Crippen molar-refractivity contribution in [3.8, 4) is 5.75 Å². The lowest BCUT2D eigenvalue weighted by molar-refractivity contribution is -0.133. The van der Waals surface area contributed by atoms with E-state index in [1.807, 2.05) is 55.4 Å². The normalized spacial score (nSPS) is 16.4. The van der Waals surface area contributed by atoms with Crippen LogP contribution in [0, 0.1) is 0 Å². The Bertz CT molecular complexity index is 687. The van der Waals surface area contributed by atoms with Gasteiger partial charge in [0.05, 0.1) is 19.2 Å². The summed E-state index contributed by atoms with van der Waals surface area (Å²) in [5.41, 5.74) is 2.32. The van der Waals surface area contributed by atoms with E-state index in [1.165, 1.54) is 5.56 Å². The van der Waals surface area contributed by atoms with Crippen molar-refractivity contribution in [3.05, 3.63) is 65.7 Å². The molecule has 3 rings (SSSR count). The number of benzene rings is 2. The third-order valence-corrected chi connectivity index (χ3v) is 4.49. The molecule has 1 aliphatic heterocycles. The summed E-state index contributed by atoms with van der Waals surface area (Å²) < 4.78 is 5.70. The van der Waals surface area contributed by atoms with Gasteiger partial charge in [-0.3, -0.25) is 9.69 Å². The van der Waals surface area contributed by atoms with Gasteiger partial charge in [-0.1, -0.05) is 48.5 Å². The van der Waals surface area contributed by atoms with Gasteiger partial charge in [-0.05, 0) is 18.7 Å². The van der Waals surface area contributed by atoms with Crippen LogP contribution in [0.2, 0.25) is 0 Å². The lowest BCUT2D eigenvalue weighted by Gasteiger charge is -2.34. The number of hydrogen-bond donors (Lipinski definition) is 0. The van der Waals surface area contributed by atoms with E-state index in [9.17, 15) is 4.79 Å². The first-order chi connectivity index (χ1) is 11.6. The minimum Gasteiger partial charge on any atom is -0.493 e. The molecule has 4 heteroatoms. The number of para-hydroxylation sites is 1. The summed E-state index contributed by atoms with van der Waals surface area (Å²) in [6, 6.07) is 18.3. The molecule has 24 heavy (non-hydrogen) atoms. The Morgan fingerprint density at radius 2 is 1.79 bits per heavy atom. The Balaban J connectivity index is 1.63. The molecule has 0 aromatic heterocycles. The molecule has 0 bridgehead atoms. The van der Waals surface area contributed by atoms with Gasteiger partial charge in [0.2, 0.25) is 5.91 Å². The highest BCUT2D eigenvalue weighted by atomic mass is 16.5. The van der Waals surface area contributed by atoms with Gasteiger partial charge in [0.15, 0.2) is 0 Å². The molecule has 0 saturated carbocycles. The fourth-order valence-corrected chi connectivity index (χ4v) is 3.19. The second-order valence-corrected chi connectivity index (χ2v) is 6.35. The summed E-state index contributed by atoms with van der Waals surface area (Å²) >= 11 is 0. The summed E-state index contributed by atoms with van der Waals surface area (Å²) in [5.74, 6) is 1.03. The van der Waals surface area contributed by atoms with E-state index in [1.54, 1.807) is 0 Å². The molecule has 0 spiro atoms. The number of likely N-dealkylation sites (N-methyl/N-ethyl adjacent to an activating group) is 2. The maximum Gasteiger partial charge on any atom is 0.237 e. The topological polar surface area (TPSA) is 32.8 Å². The maximum absolute atomic E-state index is 12.7. The molecule has 0 radical (unpaired) electrons. The van der Waals surface area contributed by atoms with Gasteiger partial charge in [0, 0.05) is 25.6 Å².